The van der Waals surface area contributed by atoms with Crippen molar-refractivity contribution in [2.45, 2.75) is 78.6 Å². The molecule has 5 atom stereocenters. The Morgan fingerprint density at radius 3 is 1.85 bits per heavy atom. The molecular formula is C16H34O4. The monoisotopic (exact) mass is 290 g/mol. The maximum atomic E-state index is 10.7. The first-order valence-electron chi connectivity index (χ1n) is 7.86. The first-order valence-corrected chi connectivity index (χ1v) is 7.86. The van der Waals surface area contributed by atoms with Gasteiger partial charge in [0, 0.05) is 12.0 Å². The van der Waals surface area contributed by atoms with Crippen LogP contribution in [0.2, 0.25) is 0 Å². The molecule has 0 heterocycles. The third-order valence-electron chi connectivity index (χ3n) is 4.53. The zero-order valence-corrected chi connectivity index (χ0v) is 13.7. The van der Waals surface area contributed by atoms with E-state index in [2.05, 4.69) is 0 Å². The lowest BCUT2D eigenvalue weighted by molar-refractivity contribution is -0.0981. The van der Waals surface area contributed by atoms with Crippen LogP contribution in [-0.2, 0) is 0 Å². The van der Waals surface area contributed by atoms with Crippen LogP contribution in [0.3, 0.4) is 0 Å². The molecule has 0 fully saturated rings. The summed E-state index contributed by atoms with van der Waals surface area (Å²) in [5, 5.41) is 39.9. The van der Waals surface area contributed by atoms with Gasteiger partial charge in [-0.25, -0.2) is 0 Å². The van der Waals surface area contributed by atoms with Crippen molar-refractivity contribution in [3.63, 3.8) is 0 Å². The Kier molecular flexibility index (Phi) is 8.91. The largest absolute Gasteiger partial charge is 0.396 e. The van der Waals surface area contributed by atoms with Gasteiger partial charge >= 0.3 is 0 Å². The van der Waals surface area contributed by atoms with Gasteiger partial charge in [-0.3, -0.25) is 0 Å². The van der Waals surface area contributed by atoms with E-state index in [4.69, 9.17) is 0 Å². The van der Waals surface area contributed by atoms with Crippen LogP contribution < -0.4 is 0 Å². The summed E-state index contributed by atoms with van der Waals surface area (Å²) in [5.41, 5.74) is -0.569. The van der Waals surface area contributed by atoms with Gasteiger partial charge in [0.15, 0.2) is 0 Å². The minimum absolute atomic E-state index is 0.0284. The van der Waals surface area contributed by atoms with Gasteiger partial charge in [0.1, 0.15) is 0 Å². The summed E-state index contributed by atoms with van der Waals surface area (Å²) in [6.45, 7) is 9.57. The molecule has 0 amide bonds. The molecule has 20 heavy (non-hydrogen) atoms. The standard InChI is InChI=1S/C16H34O4/c1-6-14(19)10-16(9-13(5)18,12(4)7-8-17)15(20)11(2)3/h11-15,17-20H,6-10H2,1-5H3. The van der Waals surface area contributed by atoms with Gasteiger partial charge in [-0.2, -0.15) is 0 Å². The smallest absolute Gasteiger partial charge is 0.0623 e. The highest BCUT2D eigenvalue weighted by molar-refractivity contribution is 4.94. The average molecular weight is 290 g/mol. The van der Waals surface area contributed by atoms with Gasteiger partial charge in [0.05, 0.1) is 18.3 Å². The van der Waals surface area contributed by atoms with Crippen molar-refractivity contribution >= 4 is 0 Å². The first kappa shape index (κ1) is 19.8. The fraction of sp³-hybridized carbons (Fsp3) is 1.00. The molecule has 0 spiro atoms. The summed E-state index contributed by atoms with van der Waals surface area (Å²) in [7, 11) is 0. The molecule has 0 aromatic rings. The number of hydrogen-bond donors (Lipinski definition) is 4. The molecule has 0 aliphatic heterocycles. The molecule has 122 valence electrons. The van der Waals surface area contributed by atoms with Crippen LogP contribution in [0.1, 0.15) is 60.3 Å². The summed E-state index contributed by atoms with van der Waals surface area (Å²) in [4.78, 5) is 0. The van der Waals surface area contributed by atoms with Gasteiger partial charge < -0.3 is 20.4 Å². The van der Waals surface area contributed by atoms with Crippen LogP contribution >= 0.6 is 0 Å². The third-order valence-corrected chi connectivity index (χ3v) is 4.53. The number of rotatable bonds is 10. The fourth-order valence-electron chi connectivity index (χ4n) is 3.30. The van der Waals surface area contributed by atoms with Crippen molar-refractivity contribution in [1.29, 1.82) is 0 Å². The van der Waals surface area contributed by atoms with Crippen molar-refractivity contribution in [1.82, 2.24) is 0 Å². The van der Waals surface area contributed by atoms with E-state index < -0.39 is 23.7 Å². The summed E-state index contributed by atoms with van der Waals surface area (Å²) >= 11 is 0. The Balaban J connectivity index is 5.48. The zero-order valence-electron chi connectivity index (χ0n) is 13.7. The predicted molar refractivity (Wildman–Crippen MR) is 81.4 cm³/mol. The highest BCUT2D eigenvalue weighted by Crippen LogP contribution is 2.45. The first-order chi connectivity index (χ1) is 9.21. The molecule has 0 saturated heterocycles. The zero-order chi connectivity index (χ0) is 15.9. The van der Waals surface area contributed by atoms with Crippen molar-refractivity contribution < 1.29 is 20.4 Å². The second-order valence-electron chi connectivity index (χ2n) is 6.65. The Morgan fingerprint density at radius 2 is 1.50 bits per heavy atom. The van der Waals surface area contributed by atoms with E-state index in [1.165, 1.54) is 0 Å². The van der Waals surface area contributed by atoms with Gasteiger partial charge in [0.25, 0.3) is 0 Å². The lowest BCUT2D eigenvalue weighted by Gasteiger charge is -2.46. The highest BCUT2D eigenvalue weighted by atomic mass is 16.3. The second kappa shape index (κ2) is 8.98. The fourth-order valence-corrected chi connectivity index (χ4v) is 3.30. The summed E-state index contributed by atoms with van der Waals surface area (Å²) in [6, 6.07) is 0. The lowest BCUT2D eigenvalue weighted by Crippen LogP contribution is -2.48. The molecule has 0 aromatic heterocycles. The summed E-state index contributed by atoms with van der Waals surface area (Å²) < 4.78 is 0. The Morgan fingerprint density at radius 1 is 0.950 bits per heavy atom. The Bertz CT molecular complexity index is 255. The molecule has 0 radical (unpaired) electrons. The second-order valence-corrected chi connectivity index (χ2v) is 6.65. The molecule has 4 heteroatoms. The van der Waals surface area contributed by atoms with Gasteiger partial charge in [-0.05, 0) is 44.4 Å². The van der Waals surface area contributed by atoms with Crippen LogP contribution in [0.25, 0.3) is 0 Å². The minimum atomic E-state index is -0.611. The number of hydrogen-bond acceptors (Lipinski definition) is 4. The number of aliphatic hydroxyl groups is 4. The van der Waals surface area contributed by atoms with Gasteiger partial charge in [0.2, 0.25) is 0 Å². The van der Waals surface area contributed by atoms with Crippen molar-refractivity contribution in [3.05, 3.63) is 0 Å². The average Bonchev–Trinajstić information content (AvgIpc) is 2.36. The van der Waals surface area contributed by atoms with Crippen molar-refractivity contribution in [2.24, 2.45) is 17.3 Å². The molecule has 4 N–H and O–H groups in total. The van der Waals surface area contributed by atoms with E-state index in [0.717, 1.165) is 0 Å². The molecule has 5 unspecified atom stereocenters. The van der Waals surface area contributed by atoms with Crippen molar-refractivity contribution in [3.8, 4) is 0 Å². The highest BCUT2D eigenvalue weighted by Gasteiger charge is 2.45. The molecule has 0 saturated carbocycles. The van der Waals surface area contributed by atoms with Crippen LogP contribution in [0.5, 0.6) is 0 Å². The van der Waals surface area contributed by atoms with Crippen LogP contribution in [0.15, 0.2) is 0 Å². The van der Waals surface area contributed by atoms with E-state index >= 15 is 0 Å². The van der Waals surface area contributed by atoms with E-state index in [1.54, 1.807) is 6.92 Å². The van der Waals surface area contributed by atoms with Gasteiger partial charge in [-0.1, -0.05) is 27.7 Å². The van der Waals surface area contributed by atoms with Crippen LogP contribution in [0, 0.1) is 17.3 Å². The Hall–Kier alpha value is -0.160. The predicted octanol–water partition coefficient (Wildman–Crippen LogP) is 1.94. The maximum Gasteiger partial charge on any atom is 0.0623 e. The molecule has 0 bridgehead atoms. The van der Waals surface area contributed by atoms with Crippen molar-refractivity contribution in [2.75, 3.05) is 6.61 Å². The normalized spacial score (nSPS) is 21.3. The molecule has 0 aromatic carbocycles. The van der Waals surface area contributed by atoms with Gasteiger partial charge in [-0.15, -0.1) is 0 Å². The SMILES string of the molecule is CCC(O)CC(CC(C)O)(C(C)CCO)C(O)C(C)C. The minimum Gasteiger partial charge on any atom is -0.396 e. The summed E-state index contributed by atoms with van der Waals surface area (Å²) in [5.74, 6) is 0.0691. The van der Waals surface area contributed by atoms with E-state index in [-0.39, 0.29) is 18.4 Å². The van der Waals surface area contributed by atoms with E-state index in [1.807, 2.05) is 27.7 Å². The topological polar surface area (TPSA) is 80.9 Å². The van der Waals surface area contributed by atoms with E-state index in [0.29, 0.717) is 25.7 Å². The Labute approximate surface area is 123 Å². The maximum absolute atomic E-state index is 10.7. The number of aliphatic hydroxyl groups excluding tert-OH is 4. The molecular weight excluding hydrogens is 256 g/mol. The summed E-state index contributed by atoms with van der Waals surface area (Å²) in [6.07, 6.45) is 0.418. The van der Waals surface area contributed by atoms with E-state index in [9.17, 15) is 20.4 Å². The lowest BCUT2D eigenvalue weighted by atomic mass is 9.62. The quantitative estimate of drug-likeness (QED) is 0.496. The molecule has 0 aliphatic carbocycles. The van der Waals surface area contributed by atoms with Crippen LogP contribution in [-0.4, -0.2) is 45.3 Å². The molecule has 0 rings (SSSR count). The van der Waals surface area contributed by atoms with Crippen LogP contribution in [0.4, 0.5) is 0 Å². The third kappa shape index (κ3) is 5.32. The molecule has 0 aliphatic rings. The molecule has 4 nitrogen and oxygen atoms in total.